The van der Waals surface area contributed by atoms with Gasteiger partial charge in [0.1, 0.15) is 5.69 Å². The zero-order valence-corrected chi connectivity index (χ0v) is 27.3. The van der Waals surface area contributed by atoms with E-state index in [4.69, 9.17) is 9.97 Å². The van der Waals surface area contributed by atoms with Gasteiger partial charge in [-0.1, -0.05) is 41.6 Å². The van der Waals surface area contributed by atoms with Crippen molar-refractivity contribution >= 4 is 11.9 Å². The molecule has 1 saturated heterocycles. The second kappa shape index (κ2) is 16.2. The number of carbonyl (C=O) groups is 2. The van der Waals surface area contributed by atoms with E-state index in [2.05, 4.69) is 44.4 Å². The molecule has 0 aliphatic carbocycles. The fourth-order valence-electron chi connectivity index (χ4n) is 6.10. The number of rotatable bonds is 5. The molecule has 2 N–H and O–H groups in total. The van der Waals surface area contributed by atoms with Crippen LogP contribution in [-0.2, 0) is 46.3 Å². The first kappa shape index (κ1) is 34.3. The van der Waals surface area contributed by atoms with Crippen LogP contribution in [0, 0.1) is 0 Å². The number of aromatic nitrogens is 5. The molecule has 0 spiro atoms. The number of aliphatic carboxylic acids is 2. The molecular formula is C33H39MnN9O4. The first-order valence-electron chi connectivity index (χ1n) is 15.6. The first-order valence-corrected chi connectivity index (χ1v) is 15.6. The molecule has 13 nitrogen and oxygen atoms in total. The van der Waals surface area contributed by atoms with Gasteiger partial charge >= 0.3 is 11.9 Å². The second-order valence-electron chi connectivity index (χ2n) is 11.9. The average Bonchev–Trinajstić information content (AvgIpc) is 3.50. The molecule has 1 radical (unpaired) electrons. The van der Waals surface area contributed by atoms with Gasteiger partial charge in [-0.3, -0.25) is 34.2 Å². The van der Waals surface area contributed by atoms with Crippen LogP contribution < -0.4 is 0 Å². The van der Waals surface area contributed by atoms with Crippen molar-refractivity contribution in [3.05, 3.63) is 83.9 Å². The molecule has 247 valence electrons. The van der Waals surface area contributed by atoms with Gasteiger partial charge in [-0.05, 0) is 35.4 Å². The third-order valence-corrected chi connectivity index (χ3v) is 8.46. The van der Waals surface area contributed by atoms with E-state index < -0.39 is 11.9 Å². The van der Waals surface area contributed by atoms with E-state index in [9.17, 15) is 19.8 Å². The van der Waals surface area contributed by atoms with Crippen molar-refractivity contribution in [1.82, 2.24) is 44.6 Å². The van der Waals surface area contributed by atoms with Gasteiger partial charge in [0.05, 0.1) is 48.6 Å². The van der Waals surface area contributed by atoms with Crippen LogP contribution >= 0.6 is 0 Å². The van der Waals surface area contributed by atoms with Gasteiger partial charge in [0.2, 0.25) is 0 Å². The summed E-state index contributed by atoms with van der Waals surface area (Å²) in [5.41, 5.74) is 6.18. The summed E-state index contributed by atoms with van der Waals surface area (Å²) < 4.78 is 1.84. The third kappa shape index (κ3) is 9.50. The predicted molar refractivity (Wildman–Crippen MR) is 171 cm³/mol. The molecule has 14 heteroatoms. The Morgan fingerprint density at radius 3 is 1.81 bits per heavy atom. The molecule has 3 aliphatic rings. The molecule has 7 rings (SSSR count). The van der Waals surface area contributed by atoms with Gasteiger partial charge in [-0.2, -0.15) is 0 Å². The third-order valence-electron chi connectivity index (χ3n) is 8.46. The quantitative estimate of drug-likeness (QED) is 0.297. The Morgan fingerprint density at radius 1 is 0.638 bits per heavy atom. The maximum atomic E-state index is 11.8. The Kier molecular flexibility index (Phi) is 11.8. The molecule has 0 amide bonds. The molecule has 6 bridgehead atoms. The number of hydrogen-bond donors (Lipinski definition) is 2. The van der Waals surface area contributed by atoms with Gasteiger partial charge in [0, 0.05) is 82.5 Å². The summed E-state index contributed by atoms with van der Waals surface area (Å²) in [6.07, 6.45) is 1.72. The minimum atomic E-state index is -0.860. The Labute approximate surface area is 284 Å². The standard InChI is InChI=1S/C33H39N9O4.Mn/c43-32(44)23-40-13-9-38-10-14-41(24-33(45)46)16-12-39(11-15-40)21-28-17-26(25-5-2-1-3-6-25)18-29(35-28)22-42-31(19-34-37-42)30-8-4-7-27(20-38)36-30;/h1-8,17-19H,9-16,20-24H2,(H,43,44)(H,45,46);. The van der Waals surface area contributed by atoms with Crippen molar-refractivity contribution in [2.24, 2.45) is 0 Å². The number of hydrogen-bond acceptors (Lipinski definition) is 10. The molecule has 0 unspecified atom stereocenters. The summed E-state index contributed by atoms with van der Waals surface area (Å²) in [5, 5.41) is 28.0. The molecule has 0 atom stereocenters. The van der Waals surface area contributed by atoms with Gasteiger partial charge < -0.3 is 10.2 Å². The number of carboxylic acid groups (broad SMARTS) is 2. The minimum Gasteiger partial charge on any atom is -0.480 e. The normalized spacial score (nSPS) is 19.6. The molecule has 1 fully saturated rings. The fourth-order valence-corrected chi connectivity index (χ4v) is 6.10. The smallest absolute Gasteiger partial charge is 0.317 e. The maximum Gasteiger partial charge on any atom is 0.317 e. The Balaban J connectivity index is 0.00000433. The van der Waals surface area contributed by atoms with Crippen LogP contribution in [0.2, 0.25) is 0 Å². The summed E-state index contributed by atoms with van der Waals surface area (Å²) in [4.78, 5) is 42.2. The van der Waals surface area contributed by atoms with Crippen LogP contribution in [0.25, 0.3) is 22.5 Å². The summed E-state index contributed by atoms with van der Waals surface area (Å²) in [7, 11) is 0. The van der Waals surface area contributed by atoms with Crippen molar-refractivity contribution in [2.75, 3.05) is 65.4 Å². The van der Waals surface area contributed by atoms with Gasteiger partial charge in [0.25, 0.3) is 0 Å². The maximum absolute atomic E-state index is 11.8. The topological polar surface area (TPSA) is 144 Å². The SMILES string of the molecule is O=C(O)CN1CCN2CCN(CC(=O)O)CCN(CC1)Cc1cccc(n1)-c1cnnn1Cc1cc(-c3ccccc3)cc(n1)C2.[Mn]. The zero-order valence-electron chi connectivity index (χ0n) is 26.2. The van der Waals surface area contributed by atoms with E-state index in [1.54, 1.807) is 6.20 Å². The molecule has 47 heavy (non-hydrogen) atoms. The number of pyridine rings is 2. The molecule has 0 saturated carbocycles. The molecule has 3 aromatic heterocycles. The monoisotopic (exact) mass is 680 g/mol. The number of benzene rings is 1. The van der Waals surface area contributed by atoms with Crippen LogP contribution in [0.3, 0.4) is 0 Å². The molecular weight excluding hydrogens is 641 g/mol. The Hall–Kier alpha value is -4.04. The first-order chi connectivity index (χ1) is 22.4. The summed E-state index contributed by atoms with van der Waals surface area (Å²) in [6.45, 7) is 6.03. The van der Waals surface area contributed by atoms with Gasteiger partial charge in [0.15, 0.2) is 0 Å². The Morgan fingerprint density at radius 2 is 1.21 bits per heavy atom. The molecule has 3 aliphatic heterocycles. The van der Waals surface area contributed by atoms with E-state index in [0.29, 0.717) is 72.0 Å². The average molecular weight is 681 g/mol. The van der Waals surface area contributed by atoms with Crippen LogP contribution in [-0.4, -0.2) is 132 Å². The Bertz CT molecular complexity index is 1620. The van der Waals surface area contributed by atoms with E-state index in [1.807, 2.05) is 50.9 Å². The van der Waals surface area contributed by atoms with Crippen LogP contribution in [0.15, 0.2) is 66.9 Å². The molecule has 1 aromatic carbocycles. The van der Waals surface area contributed by atoms with Crippen molar-refractivity contribution in [2.45, 2.75) is 19.6 Å². The summed E-state index contributed by atoms with van der Waals surface area (Å²) >= 11 is 0. The molecule has 6 heterocycles. The van der Waals surface area contributed by atoms with E-state index in [0.717, 1.165) is 39.6 Å². The molecule has 4 aromatic rings. The number of carboxylic acids is 2. The van der Waals surface area contributed by atoms with Crippen LogP contribution in [0.4, 0.5) is 0 Å². The van der Waals surface area contributed by atoms with Crippen molar-refractivity contribution in [1.29, 1.82) is 0 Å². The number of fused-ring (bicyclic) bond motifs is 8. The zero-order chi connectivity index (χ0) is 31.9. The van der Waals surface area contributed by atoms with Gasteiger partial charge in [-0.25, -0.2) is 9.67 Å². The largest absolute Gasteiger partial charge is 0.480 e. The van der Waals surface area contributed by atoms with E-state index in [-0.39, 0.29) is 30.2 Å². The van der Waals surface area contributed by atoms with Crippen LogP contribution in [0.5, 0.6) is 0 Å². The van der Waals surface area contributed by atoms with Crippen molar-refractivity contribution in [3.63, 3.8) is 0 Å². The van der Waals surface area contributed by atoms with E-state index in [1.165, 1.54) is 0 Å². The predicted octanol–water partition coefficient (Wildman–Crippen LogP) is 1.85. The van der Waals surface area contributed by atoms with Crippen molar-refractivity contribution in [3.8, 4) is 22.5 Å². The van der Waals surface area contributed by atoms with E-state index >= 15 is 0 Å². The van der Waals surface area contributed by atoms with Crippen LogP contribution in [0.1, 0.15) is 17.1 Å². The minimum absolute atomic E-state index is 0. The van der Waals surface area contributed by atoms with Crippen molar-refractivity contribution < 1.29 is 36.9 Å². The fraction of sp³-hybridized carbons (Fsp3) is 0.394. The van der Waals surface area contributed by atoms with Gasteiger partial charge in [-0.15, -0.1) is 5.10 Å². The summed E-state index contributed by atoms with van der Waals surface area (Å²) in [6, 6.07) is 20.2. The second-order valence-corrected chi connectivity index (χ2v) is 11.9. The number of nitrogens with zero attached hydrogens (tertiary/aromatic N) is 9. The summed E-state index contributed by atoms with van der Waals surface area (Å²) in [5.74, 6) is -1.72.